The number of hydrogen-bond acceptors (Lipinski definition) is 2. The van der Waals surface area contributed by atoms with Gasteiger partial charge in [0.05, 0.1) is 6.54 Å². The molecule has 0 bridgehead atoms. The molecule has 1 amide bonds. The van der Waals surface area contributed by atoms with Crippen LogP contribution >= 0.6 is 0 Å². The fourth-order valence-electron chi connectivity index (χ4n) is 4.42. The Balaban J connectivity index is 2.26. The van der Waals surface area contributed by atoms with Gasteiger partial charge in [-0.2, -0.15) is 0 Å². The van der Waals surface area contributed by atoms with Crippen LogP contribution in [0.25, 0.3) is 0 Å². The fraction of sp³-hybridized carbons (Fsp3) is 0.680. The molecule has 0 radical (unpaired) electrons. The van der Waals surface area contributed by atoms with E-state index in [2.05, 4.69) is 27.7 Å². The predicted molar refractivity (Wildman–Crippen MR) is 116 cm³/mol. The summed E-state index contributed by atoms with van der Waals surface area (Å²) in [5.41, 5.74) is 0.952. The number of carbonyl (C=O) groups is 2. The Bertz CT molecular complexity index is 664. The number of nitrogens with zero attached hydrogens (tertiary/aromatic N) is 1. The standard InChI is InChI=1S/C25H39NO2/c1-19(2)22(27)18-26(17-21-10-8-7-9-11-21)23(28)25(6)13-12-20(3)16-24(4,5)14-15-25/h7-11,19-20H,12-18H2,1-6H3. The number of ketones is 1. The highest BCUT2D eigenvalue weighted by atomic mass is 16.2. The van der Waals surface area contributed by atoms with Gasteiger partial charge in [-0.15, -0.1) is 0 Å². The highest BCUT2D eigenvalue weighted by molar-refractivity contribution is 5.89. The van der Waals surface area contributed by atoms with Crippen LogP contribution in [0.2, 0.25) is 0 Å². The van der Waals surface area contributed by atoms with Crippen LogP contribution in [0.3, 0.4) is 0 Å². The van der Waals surface area contributed by atoms with E-state index in [1.807, 2.05) is 49.1 Å². The van der Waals surface area contributed by atoms with Gasteiger partial charge in [-0.1, -0.05) is 71.9 Å². The van der Waals surface area contributed by atoms with Crippen LogP contribution in [0.4, 0.5) is 0 Å². The summed E-state index contributed by atoms with van der Waals surface area (Å²) < 4.78 is 0. The molecular weight excluding hydrogens is 346 g/mol. The molecule has 1 aliphatic rings. The Labute approximate surface area is 171 Å². The highest BCUT2D eigenvalue weighted by Crippen LogP contribution is 2.43. The first-order valence-electron chi connectivity index (χ1n) is 10.9. The van der Waals surface area contributed by atoms with Crippen molar-refractivity contribution in [1.29, 1.82) is 0 Å². The summed E-state index contributed by atoms with van der Waals surface area (Å²) in [7, 11) is 0. The third kappa shape index (κ3) is 6.18. The molecule has 1 aromatic carbocycles. The van der Waals surface area contributed by atoms with Crippen molar-refractivity contribution in [2.45, 2.75) is 80.2 Å². The van der Waals surface area contributed by atoms with E-state index in [4.69, 9.17) is 0 Å². The van der Waals surface area contributed by atoms with E-state index in [-0.39, 0.29) is 29.6 Å². The van der Waals surface area contributed by atoms with Gasteiger partial charge in [0.2, 0.25) is 5.91 Å². The summed E-state index contributed by atoms with van der Waals surface area (Å²) >= 11 is 0. The van der Waals surface area contributed by atoms with Gasteiger partial charge in [-0.05, 0) is 49.0 Å². The topological polar surface area (TPSA) is 37.4 Å². The number of hydrogen-bond donors (Lipinski definition) is 0. The average molecular weight is 386 g/mol. The zero-order valence-corrected chi connectivity index (χ0v) is 18.8. The van der Waals surface area contributed by atoms with Gasteiger partial charge >= 0.3 is 0 Å². The van der Waals surface area contributed by atoms with Crippen LogP contribution in [-0.2, 0) is 16.1 Å². The molecule has 1 fully saturated rings. The van der Waals surface area contributed by atoms with Gasteiger partial charge in [0.1, 0.15) is 0 Å². The quantitative estimate of drug-likeness (QED) is 0.614. The summed E-state index contributed by atoms with van der Waals surface area (Å²) in [6, 6.07) is 10.0. The molecule has 0 saturated heterocycles. The molecule has 2 rings (SSSR count). The number of benzene rings is 1. The van der Waals surface area contributed by atoms with Crippen LogP contribution < -0.4 is 0 Å². The molecule has 3 heteroatoms. The minimum absolute atomic E-state index is 0.0600. The van der Waals surface area contributed by atoms with E-state index in [0.717, 1.165) is 31.2 Å². The molecule has 0 aliphatic heterocycles. The minimum atomic E-state index is -0.391. The van der Waals surface area contributed by atoms with Crippen molar-refractivity contribution in [1.82, 2.24) is 4.90 Å². The number of Topliss-reactive ketones (excluding diaryl/α,β-unsaturated/α-hetero) is 1. The van der Waals surface area contributed by atoms with Crippen molar-refractivity contribution < 1.29 is 9.59 Å². The van der Waals surface area contributed by atoms with Gasteiger partial charge in [-0.3, -0.25) is 9.59 Å². The molecule has 156 valence electrons. The lowest BCUT2D eigenvalue weighted by molar-refractivity contribution is -0.146. The Morgan fingerprint density at radius 2 is 1.71 bits per heavy atom. The van der Waals surface area contributed by atoms with Gasteiger partial charge in [-0.25, -0.2) is 0 Å². The molecular formula is C25H39NO2. The van der Waals surface area contributed by atoms with E-state index in [0.29, 0.717) is 12.5 Å². The smallest absolute Gasteiger partial charge is 0.229 e. The molecule has 0 heterocycles. The van der Waals surface area contributed by atoms with E-state index >= 15 is 0 Å². The minimum Gasteiger partial charge on any atom is -0.331 e. The lowest BCUT2D eigenvalue weighted by Crippen LogP contribution is -2.46. The monoisotopic (exact) mass is 385 g/mol. The molecule has 0 N–H and O–H groups in total. The molecule has 28 heavy (non-hydrogen) atoms. The van der Waals surface area contributed by atoms with E-state index in [1.165, 1.54) is 6.42 Å². The van der Waals surface area contributed by atoms with Crippen molar-refractivity contribution in [2.24, 2.45) is 22.7 Å². The Hall–Kier alpha value is -1.64. The largest absolute Gasteiger partial charge is 0.331 e. The maximum Gasteiger partial charge on any atom is 0.229 e. The van der Waals surface area contributed by atoms with Crippen molar-refractivity contribution >= 4 is 11.7 Å². The number of amides is 1. The second kappa shape index (κ2) is 9.24. The van der Waals surface area contributed by atoms with Crippen LogP contribution in [0.15, 0.2) is 30.3 Å². The first-order chi connectivity index (χ1) is 13.0. The molecule has 0 spiro atoms. The van der Waals surface area contributed by atoms with Crippen LogP contribution in [-0.4, -0.2) is 23.1 Å². The summed E-state index contributed by atoms with van der Waals surface area (Å²) in [6.45, 7) is 13.6. The normalized spacial score (nSPS) is 25.0. The fourth-order valence-corrected chi connectivity index (χ4v) is 4.42. The van der Waals surface area contributed by atoms with Gasteiger partial charge in [0, 0.05) is 17.9 Å². The Morgan fingerprint density at radius 1 is 1.07 bits per heavy atom. The Kier molecular flexibility index (Phi) is 7.47. The SMILES string of the molecule is CC1CCC(C)(C(=O)N(CC(=O)C(C)C)Cc2ccccc2)CCC(C)(C)C1. The number of rotatable bonds is 6. The Morgan fingerprint density at radius 3 is 2.32 bits per heavy atom. The van der Waals surface area contributed by atoms with Crippen LogP contribution in [0.5, 0.6) is 0 Å². The van der Waals surface area contributed by atoms with Crippen LogP contribution in [0, 0.1) is 22.7 Å². The predicted octanol–water partition coefficient (Wildman–Crippen LogP) is 5.87. The van der Waals surface area contributed by atoms with E-state index < -0.39 is 5.41 Å². The van der Waals surface area contributed by atoms with Crippen molar-refractivity contribution in [3.8, 4) is 0 Å². The lowest BCUT2D eigenvalue weighted by atomic mass is 9.67. The second-order valence-electron chi connectivity index (χ2n) is 10.3. The molecule has 0 aromatic heterocycles. The molecule has 1 aromatic rings. The summed E-state index contributed by atoms with van der Waals surface area (Å²) in [6.07, 6.45) is 5.15. The molecule has 1 aliphatic carbocycles. The maximum absolute atomic E-state index is 13.7. The van der Waals surface area contributed by atoms with Gasteiger partial charge in [0.15, 0.2) is 5.78 Å². The van der Waals surface area contributed by atoms with Crippen molar-refractivity contribution in [3.63, 3.8) is 0 Å². The molecule has 3 nitrogen and oxygen atoms in total. The zero-order chi connectivity index (χ0) is 20.9. The second-order valence-corrected chi connectivity index (χ2v) is 10.3. The van der Waals surface area contributed by atoms with Gasteiger partial charge < -0.3 is 4.90 Å². The van der Waals surface area contributed by atoms with Crippen molar-refractivity contribution in [3.05, 3.63) is 35.9 Å². The third-order valence-corrected chi connectivity index (χ3v) is 6.45. The molecule has 1 saturated carbocycles. The third-order valence-electron chi connectivity index (χ3n) is 6.45. The highest BCUT2D eigenvalue weighted by Gasteiger charge is 2.40. The van der Waals surface area contributed by atoms with E-state index in [1.54, 1.807) is 0 Å². The first-order valence-corrected chi connectivity index (χ1v) is 10.9. The van der Waals surface area contributed by atoms with Crippen LogP contribution in [0.1, 0.15) is 79.2 Å². The summed E-state index contributed by atoms with van der Waals surface area (Å²) in [5, 5.41) is 0. The maximum atomic E-state index is 13.7. The first kappa shape index (κ1) is 22.6. The van der Waals surface area contributed by atoms with Gasteiger partial charge in [0.25, 0.3) is 0 Å². The average Bonchev–Trinajstić information content (AvgIpc) is 2.63. The number of carbonyl (C=O) groups excluding carboxylic acids is 2. The lowest BCUT2D eigenvalue weighted by Gasteiger charge is -2.40. The summed E-state index contributed by atoms with van der Waals surface area (Å²) in [5.74, 6) is 0.847. The molecule has 2 unspecified atom stereocenters. The summed E-state index contributed by atoms with van der Waals surface area (Å²) in [4.78, 5) is 28.1. The zero-order valence-electron chi connectivity index (χ0n) is 18.8. The molecule has 2 atom stereocenters. The van der Waals surface area contributed by atoms with E-state index in [9.17, 15) is 9.59 Å². The van der Waals surface area contributed by atoms with Crippen molar-refractivity contribution in [2.75, 3.05) is 6.54 Å².